The Labute approximate surface area is 206 Å². The second-order valence-electron chi connectivity index (χ2n) is 7.90. The molecule has 0 aromatic heterocycles. The predicted octanol–water partition coefficient (Wildman–Crippen LogP) is 6.18. The normalized spacial score (nSPS) is 12.7. The van der Waals surface area contributed by atoms with Gasteiger partial charge < -0.3 is 10.1 Å². The van der Waals surface area contributed by atoms with Gasteiger partial charge in [0.15, 0.2) is 6.10 Å². The zero-order valence-electron chi connectivity index (χ0n) is 18.9. The zero-order valence-corrected chi connectivity index (χ0v) is 20.5. The summed E-state index contributed by atoms with van der Waals surface area (Å²) < 4.78 is 72.1. The van der Waals surface area contributed by atoms with Gasteiger partial charge in [0, 0.05) is 11.4 Å². The van der Waals surface area contributed by atoms with Crippen LogP contribution in [-0.2, 0) is 21.0 Å². The summed E-state index contributed by atoms with van der Waals surface area (Å²) in [6.07, 6.45) is -5.56. The SMILES string of the molecule is Cc1cc(C)cc(O[C@@H](C)C(=O)Nc2ccc(S(=O)(=O)Nc3ccc(Cl)c(C(F)(F)F)c3)cc2)c1. The average Bonchev–Trinajstić information content (AvgIpc) is 2.73. The minimum atomic E-state index is -4.74. The van der Waals surface area contributed by atoms with Gasteiger partial charge in [-0.2, -0.15) is 13.2 Å². The number of amides is 1. The van der Waals surface area contributed by atoms with Gasteiger partial charge in [0.1, 0.15) is 5.75 Å². The first kappa shape index (κ1) is 26.4. The van der Waals surface area contributed by atoms with E-state index in [1.165, 1.54) is 24.3 Å². The van der Waals surface area contributed by atoms with Crippen molar-refractivity contribution < 1.29 is 31.1 Å². The van der Waals surface area contributed by atoms with Crippen molar-refractivity contribution in [2.24, 2.45) is 0 Å². The van der Waals surface area contributed by atoms with Crippen molar-refractivity contribution in [1.29, 1.82) is 0 Å². The first-order chi connectivity index (χ1) is 16.2. The number of sulfonamides is 1. The molecule has 0 fully saturated rings. The Morgan fingerprint density at radius 3 is 2.09 bits per heavy atom. The van der Waals surface area contributed by atoms with Gasteiger partial charge in [-0.05, 0) is 86.5 Å². The highest BCUT2D eigenvalue weighted by Crippen LogP contribution is 2.36. The van der Waals surface area contributed by atoms with E-state index in [-0.39, 0.29) is 10.6 Å². The summed E-state index contributed by atoms with van der Waals surface area (Å²) in [7, 11) is -4.20. The number of alkyl halides is 3. The molecule has 0 aliphatic rings. The maximum absolute atomic E-state index is 13.0. The molecule has 3 rings (SSSR count). The molecule has 1 atom stereocenters. The fourth-order valence-corrected chi connectivity index (χ4v) is 4.51. The second-order valence-corrected chi connectivity index (χ2v) is 9.98. The smallest absolute Gasteiger partial charge is 0.417 e. The van der Waals surface area contributed by atoms with Crippen molar-refractivity contribution in [2.45, 2.75) is 37.9 Å². The van der Waals surface area contributed by atoms with E-state index in [2.05, 4.69) is 10.0 Å². The number of carbonyl (C=O) groups excluding carboxylic acids is 1. The van der Waals surface area contributed by atoms with E-state index < -0.39 is 38.8 Å². The van der Waals surface area contributed by atoms with Gasteiger partial charge in [-0.25, -0.2) is 8.42 Å². The fraction of sp³-hybridized carbons (Fsp3) is 0.208. The lowest BCUT2D eigenvalue weighted by Gasteiger charge is -2.16. The molecule has 0 bridgehead atoms. The van der Waals surface area contributed by atoms with Gasteiger partial charge in [0.2, 0.25) is 0 Å². The van der Waals surface area contributed by atoms with Gasteiger partial charge in [-0.15, -0.1) is 0 Å². The molecule has 0 aliphatic heterocycles. The largest absolute Gasteiger partial charge is 0.481 e. The number of halogens is 4. The van der Waals surface area contributed by atoms with Gasteiger partial charge in [0.25, 0.3) is 15.9 Å². The van der Waals surface area contributed by atoms with E-state index in [1.54, 1.807) is 6.92 Å². The monoisotopic (exact) mass is 526 g/mol. The summed E-state index contributed by atoms with van der Waals surface area (Å²) in [5.74, 6) is 0.104. The maximum Gasteiger partial charge on any atom is 0.417 e. The third-order valence-electron chi connectivity index (χ3n) is 4.83. The molecule has 3 aromatic carbocycles. The lowest BCUT2D eigenvalue weighted by atomic mass is 10.1. The third-order valence-corrected chi connectivity index (χ3v) is 6.56. The van der Waals surface area contributed by atoms with Crippen LogP contribution >= 0.6 is 11.6 Å². The first-order valence-corrected chi connectivity index (χ1v) is 12.2. The number of rotatable bonds is 7. The van der Waals surface area contributed by atoms with E-state index >= 15 is 0 Å². The van der Waals surface area contributed by atoms with E-state index in [4.69, 9.17) is 16.3 Å². The Balaban J connectivity index is 1.68. The molecule has 0 spiro atoms. The Bertz CT molecular complexity index is 1320. The summed E-state index contributed by atoms with van der Waals surface area (Å²) in [5.41, 5.74) is 0.846. The molecular formula is C24H22ClF3N2O4S. The quantitative estimate of drug-likeness (QED) is 0.385. The number of hydrogen-bond donors (Lipinski definition) is 2. The highest BCUT2D eigenvalue weighted by Gasteiger charge is 2.33. The number of hydrogen-bond acceptors (Lipinski definition) is 4. The van der Waals surface area contributed by atoms with Crippen LogP contribution in [-0.4, -0.2) is 20.4 Å². The zero-order chi connectivity index (χ0) is 26.0. The van der Waals surface area contributed by atoms with E-state index in [0.717, 1.165) is 23.3 Å². The van der Waals surface area contributed by atoms with Crippen molar-refractivity contribution in [3.8, 4) is 5.75 Å². The van der Waals surface area contributed by atoms with Crippen molar-refractivity contribution in [1.82, 2.24) is 0 Å². The predicted molar refractivity (Wildman–Crippen MR) is 128 cm³/mol. The highest BCUT2D eigenvalue weighted by molar-refractivity contribution is 7.92. The second kappa shape index (κ2) is 10.2. The lowest BCUT2D eigenvalue weighted by molar-refractivity contribution is -0.137. The van der Waals surface area contributed by atoms with Crippen molar-refractivity contribution in [3.63, 3.8) is 0 Å². The Morgan fingerprint density at radius 2 is 1.51 bits per heavy atom. The number of nitrogens with one attached hydrogen (secondary N) is 2. The van der Waals surface area contributed by atoms with Crippen LogP contribution in [0.5, 0.6) is 5.75 Å². The van der Waals surface area contributed by atoms with Crippen molar-refractivity contribution in [2.75, 3.05) is 10.0 Å². The number of carbonyl (C=O) groups is 1. The summed E-state index contributed by atoms with van der Waals surface area (Å²) in [6.45, 7) is 5.41. The van der Waals surface area contributed by atoms with Crippen LogP contribution in [0.4, 0.5) is 24.5 Å². The minimum Gasteiger partial charge on any atom is -0.481 e. The standard InChI is InChI=1S/C24H22ClF3N2O4S/c1-14-10-15(2)12-19(11-14)34-16(3)23(31)29-17-4-7-20(8-5-17)35(32,33)30-18-6-9-22(25)21(13-18)24(26,27)28/h4-13,16,30H,1-3H3,(H,29,31)/t16-/m0/s1. The lowest BCUT2D eigenvalue weighted by Crippen LogP contribution is -2.30. The van der Waals surface area contributed by atoms with Gasteiger partial charge in [-0.1, -0.05) is 17.7 Å². The van der Waals surface area contributed by atoms with Gasteiger partial charge in [0.05, 0.1) is 15.5 Å². The van der Waals surface area contributed by atoms with Gasteiger partial charge >= 0.3 is 6.18 Å². The minimum absolute atomic E-state index is 0.210. The summed E-state index contributed by atoms with van der Waals surface area (Å²) >= 11 is 5.57. The molecule has 0 heterocycles. The molecule has 0 saturated carbocycles. The molecule has 2 N–H and O–H groups in total. The number of aryl methyl sites for hydroxylation is 2. The molecular weight excluding hydrogens is 505 g/mol. The Kier molecular flexibility index (Phi) is 7.66. The Hall–Kier alpha value is -3.24. The van der Waals surface area contributed by atoms with Crippen molar-refractivity contribution >= 4 is 38.9 Å². The van der Waals surface area contributed by atoms with Crippen LogP contribution in [0.15, 0.2) is 65.6 Å². The molecule has 0 unspecified atom stereocenters. The summed E-state index contributed by atoms with van der Waals surface area (Å²) in [4.78, 5) is 12.3. The van der Waals surface area contributed by atoms with Crippen LogP contribution in [0, 0.1) is 13.8 Å². The molecule has 6 nitrogen and oxygen atoms in total. The Morgan fingerprint density at radius 1 is 0.943 bits per heavy atom. The topological polar surface area (TPSA) is 84.5 Å². The molecule has 11 heteroatoms. The van der Waals surface area contributed by atoms with Crippen molar-refractivity contribution in [3.05, 3.63) is 82.4 Å². The first-order valence-electron chi connectivity index (χ1n) is 10.3. The van der Waals surface area contributed by atoms with E-state index in [1.807, 2.05) is 32.0 Å². The summed E-state index contributed by atoms with van der Waals surface area (Å²) in [5, 5.41) is 2.09. The molecule has 35 heavy (non-hydrogen) atoms. The molecule has 0 saturated heterocycles. The van der Waals surface area contributed by atoms with E-state index in [9.17, 15) is 26.4 Å². The molecule has 0 radical (unpaired) electrons. The molecule has 1 amide bonds. The number of anilines is 2. The van der Waals surface area contributed by atoms with Crippen LogP contribution in [0.1, 0.15) is 23.6 Å². The maximum atomic E-state index is 13.0. The molecule has 3 aromatic rings. The van der Waals surface area contributed by atoms with Crippen LogP contribution < -0.4 is 14.8 Å². The average molecular weight is 527 g/mol. The molecule has 186 valence electrons. The van der Waals surface area contributed by atoms with Gasteiger partial charge in [-0.3, -0.25) is 9.52 Å². The van der Waals surface area contributed by atoms with Crippen LogP contribution in [0.3, 0.4) is 0 Å². The van der Waals surface area contributed by atoms with E-state index in [0.29, 0.717) is 17.5 Å². The van der Waals surface area contributed by atoms with Crippen LogP contribution in [0.2, 0.25) is 5.02 Å². The van der Waals surface area contributed by atoms with Crippen LogP contribution in [0.25, 0.3) is 0 Å². The highest BCUT2D eigenvalue weighted by atomic mass is 35.5. The third kappa shape index (κ3) is 6.89. The number of ether oxygens (including phenoxy) is 1. The molecule has 0 aliphatic carbocycles. The number of benzene rings is 3. The fourth-order valence-electron chi connectivity index (χ4n) is 3.24. The summed E-state index contributed by atoms with van der Waals surface area (Å²) in [6, 6.07) is 13.4.